The summed E-state index contributed by atoms with van der Waals surface area (Å²) in [4.78, 5) is 6.90. The monoisotopic (exact) mass is 241 g/mol. The van der Waals surface area contributed by atoms with Gasteiger partial charge >= 0.3 is 0 Å². The molecule has 0 amide bonds. The maximum atomic E-state index is 4.42. The van der Waals surface area contributed by atoms with Crippen LogP contribution in [-0.2, 0) is 6.54 Å². The van der Waals surface area contributed by atoms with Crippen LogP contribution in [0.1, 0.15) is 19.4 Å². The summed E-state index contributed by atoms with van der Waals surface area (Å²) in [6.45, 7) is 7.56. The Morgan fingerprint density at radius 1 is 1.28 bits per heavy atom. The van der Waals surface area contributed by atoms with Gasteiger partial charge in [0, 0.05) is 36.9 Å². The van der Waals surface area contributed by atoms with E-state index in [2.05, 4.69) is 53.3 Å². The normalized spacial score (nSPS) is 19.4. The molecule has 3 nitrogen and oxygen atoms in total. The van der Waals surface area contributed by atoms with E-state index in [1.165, 1.54) is 10.9 Å². The van der Waals surface area contributed by atoms with Crippen molar-refractivity contribution in [2.75, 3.05) is 13.2 Å². The van der Waals surface area contributed by atoms with Gasteiger partial charge in [0.2, 0.25) is 0 Å². The third kappa shape index (κ3) is 2.00. The molecule has 1 saturated heterocycles. The van der Waals surface area contributed by atoms with Crippen molar-refractivity contribution in [3.63, 3.8) is 0 Å². The van der Waals surface area contributed by atoms with Crippen LogP contribution in [0.15, 0.2) is 36.5 Å². The largest absolute Gasteiger partial charge is 0.302 e. The van der Waals surface area contributed by atoms with Crippen molar-refractivity contribution in [1.82, 2.24) is 15.2 Å². The van der Waals surface area contributed by atoms with Crippen molar-refractivity contribution < 1.29 is 0 Å². The highest BCUT2D eigenvalue weighted by atomic mass is 15.3. The molecule has 0 bridgehead atoms. The summed E-state index contributed by atoms with van der Waals surface area (Å²) in [5.74, 6) is 0. The highest BCUT2D eigenvalue weighted by Crippen LogP contribution is 2.24. The molecule has 0 unspecified atom stereocenters. The smallest absolute Gasteiger partial charge is 0.0705 e. The van der Waals surface area contributed by atoms with Gasteiger partial charge in [0.25, 0.3) is 0 Å². The van der Waals surface area contributed by atoms with Gasteiger partial charge in [-0.25, -0.2) is 0 Å². The Kier molecular flexibility index (Phi) is 2.80. The fraction of sp³-hybridized carbons (Fsp3) is 0.400. The van der Waals surface area contributed by atoms with Crippen LogP contribution in [0.5, 0.6) is 0 Å². The molecule has 0 saturated carbocycles. The van der Waals surface area contributed by atoms with E-state index in [1.807, 2.05) is 12.3 Å². The van der Waals surface area contributed by atoms with Crippen molar-refractivity contribution in [1.29, 1.82) is 0 Å². The first-order valence-corrected chi connectivity index (χ1v) is 6.45. The van der Waals surface area contributed by atoms with E-state index in [4.69, 9.17) is 0 Å². The van der Waals surface area contributed by atoms with Gasteiger partial charge in [-0.2, -0.15) is 0 Å². The second-order valence-electron chi connectivity index (χ2n) is 5.58. The SMILES string of the molecule is CC1(C)CNCN1Cc1ccnc2ccccc12. The molecule has 0 spiro atoms. The molecule has 18 heavy (non-hydrogen) atoms. The number of nitrogens with zero attached hydrogens (tertiary/aromatic N) is 2. The van der Waals surface area contributed by atoms with Gasteiger partial charge in [-0.15, -0.1) is 0 Å². The van der Waals surface area contributed by atoms with Crippen molar-refractivity contribution in [3.8, 4) is 0 Å². The zero-order chi connectivity index (χ0) is 12.6. The summed E-state index contributed by atoms with van der Waals surface area (Å²) in [5, 5.41) is 4.71. The maximum absolute atomic E-state index is 4.42. The molecule has 1 aromatic heterocycles. The van der Waals surface area contributed by atoms with E-state index >= 15 is 0 Å². The second-order valence-corrected chi connectivity index (χ2v) is 5.58. The van der Waals surface area contributed by atoms with Crippen molar-refractivity contribution in [3.05, 3.63) is 42.1 Å². The Bertz CT molecular complexity index is 557. The molecular formula is C15H19N3. The third-order valence-corrected chi connectivity index (χ3v) is 3.82. The summed E-state index contributed by atoms with van der Waals surface area (Å²) in [6, 6.07) is 10.5. The first-order valence-electron chi connectivity index (χ1n) is 6.45. The number of pyridine rings is 1. The summed E-state index contributed by atoms with van der Waals surface area (Å²) >= 11 is 0. The fourth-order valence-electron chi connectivity index (χ4n) is 2.59. The molecule has 1 fully saturated rings. The van der Waals surface area contributed by atoms with Gasteiger partial charge in [-0.3, -0.25) is 9.88 Å². The summed E-state index contributed by atoms with van der Waals surface area (Å²) in [7, 11) is 0. The lowest BCUT2D eigenvalue weighted by atomic mass is 10.0. The van der Waals surface area contributed by atoms with Crippen LogP contribution in [0.3, 0.4) is 0 Å². The van der Waals surface area contributed by atoms with Gasteiger partial charge in [0.1, 0.15) is 0 Å². The summed E-state index contributed by atoms with van der Waals surface area (Å²) < 4.78 is 0. The average molecular weight is 241 g/mol. The minimum absolute atomic E-state index is 0.227. The lowest BCUT2D eigenvalue weighted by Gasteiger charge is -2.30. The minimum Gasteiger partial charge on any atom is -0.302 e. The molecular weight excluding hydrogens is 222 g/mol. The van der Waals surface area contributed by atoms with E-state index < -0.39 is 0 Å². The van der Waals surface area contributed by atoms with Gasteiger partial charge in [0.05, 0.1) is 5.52 Å². The van der Waals surface area contributed by atoms with E-state index in [1.54, 1.807) is 0 Å². The van der Waals surface area contributed by atoms with Crippen molar-refractivity contribution >= 4 is 10.9 Å². The van der Waals surface area contributed by atoms with Gasteiger partial charge < -0.3 is 5.32 Å². The molecule has 2 heterocycles. The molecule has 3 rings (SSSR count). The summed E-state index contributed by atoms with van der Waals surface area (Å²) in [5.41, 5.74) is 2.67. The first kappa shape index (κ1) is 11.6. The summed E-state index contributed by atoms with van der Waals surface area (Å²) in [6.07, 6.45) is 1.91. The minimum atomic E-state index is 0.227. The van der Waals surface area contributed by atoms with Gasteiger partial charge in [0.15, 0.2) is 0 Å². The third-order valence-electron chi connectivity index (χ3n) is 3.82. The highest BCUT2D eigenvalue weighted by Gasteiger charge is 2.31. The first-order chi connectivity index (χ1) is 8.67. The Labute approximate surface area is 108 Å². The Hall–Kier alpha value is -1.45. The molecule has 1 N–H and O–H groups in total. The van der Waals surface area contributed by atoms with Crippen LogP contribution in [-0.4, -0.2) is 28.6 Å². The van der Waals surface area contributed by atoms with Gasteiger partial charge in [-0.05, 0) is 31.5 Å². The maximum Gasteiger partial charge on any atom is 0.0705 e. The van der Waals surface area contributed by atoms with Crippen molar-refractivity contribution in [2.24, 2.45) is 0 Å². The number of aromatic nitrogens is 1. The predicted octanol–water partition coefficient (Wildman–Crippen LogP) is 2.38. The average Bonchev–Trinajstić information content (AvgIpc) is 2.69. The lowest BCUT2D eigenvalue weighted by molar-refractivity contribution is 0.175. The fourth-order valence-corrected chi connectivity index (χ4v) is 2.59. The molecule has 2 aromatic rings. The molecule has 1 aromatic carbocycles. The molecule has 1 aliphatic rings. The van der Waals surface area contributed by atoms with Crippen LogP contribution >= 0.6 is 0 Å². The molecule has 3 heteroatoms. The molecule has 0 atom stereocenters. The zero-order valence-electron chi connectivity index (χ0n) is 11.0. The predicted molar refractivity (Wildman–Crippen MR) is 74.2 cm³/mol. The van der Waals surface area contributed by atoms with Crippen molar-refractivity contribution in [2.45, 2.75) is 25.9 Å². The number of benzene rings is 1. The number of para-hydroxylation sites is 1. The van der Waals surface area contributed by atoms with Crippen LogP contribution in [0.25, 0.3) is 10.9 Å². The molecule has 0 aliphatic carbocycles. The Morgan fingerprint density at radius 2 is 2.11 bits per heavy atom. The zero-order valence-corrected chi connectivity index (χ0v) is 11.0. The van der Waals surface area contributed by atoms with E-state index in [9.17, 15) is 0 Å². The highest BCUT2D eigenvalue weighted by molar-refractivity contribution is 5.81. The molecule has 1 aliphatic heterocycles. The number of hydrogen-bond donors (Lipinski definition) is 1. The number of nitrogens with one attached hydrogen (secondary N) is 1. The standard InChI is InChI=1S/C15H19N3/c1-15(2)10-16-11-18(15)9-12-7-8-17-14-6-4-3-5-13(12)14/h3-8,16H,9-11H2,1-2H3. The van der Waals surface area contributed by atoms with E-state index in [0.29, 0.717) is 0 Å². The van der Waals surface area contributed by atoms with Gasteiger partial charge in [-0.1, -0.05) is 18.2 Å². The van der Waals surface area contributed by atoms with Crippen LogP contribution < -0.4 is 5.32 Å². The number of rotatable bonds is 2. The number of hydrogen-bond acceptors (Lipinski definition) is 3. The quantitative estimate of drug-likeness (QED) is 0.875. The Morgan fingerprint density at radius 3 is 2.89 bits per heavy atom. The second kappa shape index (κ2) is 4.34. The van der Waals surface area contributed by atoms with E-state index in [-0.39, 0.29) is 5.54 Å². The number of fused-ring (bicyclic) bond motifs is 1. The topological polar surface area (TPSA) is 28.2 Å². The lowest BCUT2D eigenvalue weighted by Crippen LogP contribution is -2.39. The van der Waals surface area contributed by atoms with Crippen LogP contribution in [0.4, 0.5) is 0 Å². The Balaban J connectivity index is 1.95. The molecule has 0 radical (unpaired) electrons. The van der Waals surface area contributed by atoms with Crippen LogP contribution in [0, 0.1) is 0 Å². The van der Waals surface area contributed by atoms with E-state index in [0.717, 1.165) is 25.3 Å². The molecule has 94 valence electrons. The van der Waals surface area contributed by atoms with Crippen LogP contribution in [0.2, 0.25) is 0 Å².